The molecule has 0 unspecified atom stereocenters. The molecule has 4 nitrogen and oxygen atoms in total. The molecular weight excluding hydrogens is 253 g/mol. The summed E-state index contributed by atoms with van der Waals surface area (Å²) in [5, 5.41) is 29.3. The van der Waals surface area contributed by atoms with E-state index in [1.165, 1.54) is 27.7 Å². The molecular formula is C8H12N4Ru. The van der Waals surface area contributed by atoms with Crippen molar-refractivity contribution in [3.05, 3.63) is 0 Å². The zero-order chi connectivity index (χ0) is 10.8. The van der Waals surface area contributed by atoms with Crippen molar-refractivity contribution in [1.82, 2.24) is 0 Å². The molecule has 0 aromatic carbocycles. The molecule has 0 N–H and O–H groups in total. The molecule has 0 bridgehead atoms. The van der Waals surface area contributed by atoms with Gasteiger partial charge < -0.3 is 0 Å². The number of nitrogens with zero attached hydrogens (tertiary/aromatic N) is 4. The summed E-state index contributed by atoms with van der Waals surface area (Å²) in [6.07, 6.45) is 0. The van der Waals surface area contributed by atoms with E-state index < -0.39 is 0 Å². The molecule has 0 spiro atoms. The smallest absolute Gasteiger partial charge is 0.0587 e. The molecule has 0 rings (SSSR count). The quantitative estimate of drug-likeness (QED) is 0.627. The van der Waals surface area contributed by atoms with Gasteiger partial charge in [0, 0.05) is 47.2 Å². The van der Waals surface area contributed by atoms with Crippen LogP contribution in [0.5, 0.6) is 0 Å². The molecule has 0 fully saturated rings. The van der Waals surface area contributed by atoms with Gasteiger partial charge in [0.15, 0.2) is 0 Å². The fraction of sp³-hybridized carbons (Fsp3) is 0.500. The van der Waals surface area contributed by atoms with E-state index in [4.69, 9.17) is 21.0 Å². The van der Waals surface area contributed by atoms with Crippen molar-refractivity contribution in [2.24, 2.45) is 0 Å². The van der Waals surface area contributed by atoms with Crippen LogP contribution in [0.3, 0.4) is 0 Å². The van der Waals surface area contributed by atoms with Crippen LogP contribution in [-0.4, -0.2) is 0 Å². The topological polar surface area (TPSA) is 95.2 Å². The minimum Gasteiger partial charge on any atom is -0.199 e. The van der Waals surface area contributed by atoms with Crippen LogP contribution in [0.4, 0.5) is 0 Å². The van der Waals surface area contributed by atoms with Gasteiger partial charge in [-0.25, -0.2) is 0 Å². The molecule has 72 valence electrons. The Morgan fingerprint density at radius 3 is 0.538 bits per heavy atom. The summed E-state index contributed by atoms with van der Waals surface area (Å²) in [6.45, 7) is 5.72. The third-order valence-electron chi connectivity index (χ3n) is 0. The Balaban J connectivity index is -0.0000000213. The third-order valence-corrected chi connectivity index (χ3v) is 0. The van der Waals surface area contributed by atoms with Gasteiger partial charge in [-0.05, 0) is 0 Å². The molecule has 5 heteroatoms. The predicted octanol–water partition coefficient (Wildman–Crippen LogP) is 2.12. The van der Waals surface area contributed by atoms with Gasteiger partial charge in [0.1, 0.15) is 0 Å². The van der Waals surface area contributed by atoms with Gasteiger partial charge in [-0.15, -0.1) is 0 Å². The van der Waals surface area contributed by atoms with E-state index in [-0.39, 0.29) is 19.5 Å². The predicted molar refractivity (Wildman–Crippen MR) is 45.1 cm³/mol. The van der Waals surface area contributed by atoms with Crippen LogP contribution < -0.4 is 0 Å². The molecule has 0 saturated carbocycles. The molecule has 0 radical (unpaired) electrons. The maximum absolute atomic E-state index is 7.32. The SMILES string of the molecule is CC#N.CC#N.CC#N.CC#N.[Ru]. The van der Waals surface area contributed by atoms with Crippen LogP contribution in [0.25, 0.3) is 0 Å². The Morgan fingerprint density at radius 1 is 0.538 bits per heavy atom. The first-order valence-electron chi connectivity index (χ1n) is 2.89. The van der Waals surface area contributed by atoms with Crippen LogP contribution >= 0.6 is 0 Å². The first kappa shape index (κ1) is 29.9. The molecule has 0 aliphatic rings. The standard InChI is InChI=1S/4C2H3N.Ru/c4*1-2-3;/h4*1H3;. The summed E-state index contributed by atoms with van der Waals surface area (Å²) in [5.41, 5.74) is 0. The number of hydrogen-bond acceptors (Lipinski definition) is 4. The molecule has 0 aliphatic heterocycles. The van der Waals surface area contributed by atoms with Crippen LogP contribution in [-0.2, 0) is 19.5 Å². The van der Waals surface area contributed by atoms with Gasteiger partial charge in [-0.2, -0.15) is 21.0 Å². The molecule has 0 amide bonds. The molecule has 13 heavy (non-hydrogen) atoms. The molecule has 0 heterocycles. The van der Waals surface area contributed by atoms with Crippen LogP contribution in [0.15, 0.2) is 0 Å². The van der Waals surface area contributed by atoms with E-state index in [1.807, 2.05) is 0 Å². The summed E-state index contributed by atoms with van der Waals surface area (Å²) in [7, 11) is 0. The van der Waals surface area contributed by atoms with Crippen LogP contribution in [0.1, 0.15) is 27.7 Å². The summed E-state index contributed by atoms with van der Waals surface area (Å²) in [6, 6.07) is 7.00. The minimum atomic E-state index is 0. The van der Waals surface area contributed by atoms with E-state index in [0.29, 0.717) is 0 Å². The maximum Gasteiger partial charge on any atom is 0.0587 e. The Morgan fingerprint density at radius 2 is 0.538 bits per heavy atom. The summed E-state index contributed by atoms with van der Waals surface area (Å²) in [4.78, 5) is 0. The van der Waals surface area contributed by atoms with Crippen molar-refractivity contribution in [3.8, 4) is 24.3 Å². The molecule has 0 atom stereocenters. The fourth-order valence-corrected chi connectivity index (χ4v) is 0. The molecule has 0 saturated heterocycles. The second-order valence-electron chi connectivity index (χ2n) is 0.894. The van der Waals surface area contributed by atoms with Gasteiger partial charge in [-0.1, -0.05) is 0 Å². The van der Waals surface area contributed by atoms with Crippen molar-refractivity contribution in [3.63, 3.8) is 0 Å². The fourth-order valence-electron chi connectivity index (χ4n) is 0. The van der Waals surface area contributed by atoms with Gasteiger partial charge in [-0.3, -0.25) is 0 Å². The van der Waals surface area contributed by atoms with Crippen molar-refractivity contribution in [1.29, 1.82) is 21.0 Å². The monoisotopic (exact) mass is 266 g/mol. The first-order chi connectivity index (χ1) is 5.66. The van der Waals surface area contributed by atoms with E-state index in [9.17, 15) is 0 Å². The van der Waals surface area contributed by atoms with E-state index in [0.717, 1.165) is 0 Å². The number of hydrogen-bond donors (Lipinski definition) is 0. The zero-order valence-electron chi connectivity index (χ0n) is 8.14. The Labute approximate surface area is 92.8 Å². The second kappa shape index (κ2) is 146. The van der Waals surface area contributed by atoms with E-state index >= 15 is 0 Å². The van der Waals surface area contributed by atoms with Gasteiger partial charge in [0.25, 0.3) is 0 Å². The van der Waals surface area contributed by atoms with E-state index in [1.54, 1.807) is 24.3 Å². The van der Waals surface area contributed by atoms with Crippen molar-refractivity contribution in [2.45, 2.75) is 27.7 Å². The minimum absolute atomic E-state index is 0. The van der Waals surface area contributed by atoms with Crippen molar-refractivity contribution < 1.29 is 19.5 Å². The van der Waals surface area contributed by atoms with Gasteiger partial charge in [0.05, 0.1) is 24.3 Å². The third kappa shape index (κ3) is 389. The normalized spacial score (nSPS) is 2.46. The Kier molecular flexibility index (Phi) is 335. The first-order valence-corrected chi connectivity index (χ1v) is 2.89. The maximum atomic E-state index is 7.32. The van der Waals surface area contributed by atoms with Gasteiger partial charge >= 0.3 is 0 Å². The number of rotatable bonds is 0. The van der Waals surface area contributed by atoms with Gasteiger partial charge in [0.2, 0.25) is 0 Å². The Bertz CT molecular complexity index is 150. The Hall–Kier alpha value is -1.42. The molecule has 0 aromatic rings. The average Bonchev–Trinajstić information content (AvgIpc) is 1.92. The van der Waals surface area contributed by atoms with Crippen LogP contribution in [0, 0.1) is 45.3 Å². The second-order valence-corrected chi connectivity index (χ2v) is 0.894. The zero-order valence-corrected chi connectivity index (χ0v) is 9.88. The van der Waals surface area contributed by atoms with E-state index in [2.05, 4.69) is 0 Å². The van der Waals surface area contributed by atoms with Crippen molar-refractivity contribution in [2.75, 3.05) is 0 Å². The molecule has 0 aliphatic carbocycles. The summed E-state index contributed by atoms with van der Waals surface area (Å²) >= 11 is 0. The van der Waals surface area contributed by atoms with Crippen LogP contribution in [0.2, 0.25) is 0 Å². The summed E-state index contributed by atoms with van der Waals surface area (Å²) in [5.74, 6) is 0. The largest absolute Gasteiger partial charge is 0.199 e. The van der Waals surface area contributed by atoms with Crippen molar-refractivity contribution >= 4 is 0 Å². The molecule has 0 aromatic heterocycles. The number of nitriles is 4. The summed E-state index contributed by atoms with van der Waals surface area (Å²) < 4.78 is 0. The average molecular weight is 265 g/mol.